The molecule has 204 valence electrons. The molecule has 1 aliphatic carbocycles. The highest BCUT2D eigenvalue weighted by molar-refractivity contribution is 5.91. The average Bonchev–Trinajstić information content (AvgIpc) is 3.43. The van der Waals surface area contributed by atoms with Crippen molar-refractivity contribution in [2.24, 2.45) is 5.92 Å². The second kappa shape index (κ2) is 11.0. The van der Waals surface area contributed by atoms with E-state index >= 15 is 0 Å². The number of amides is 3. The van der Waals surface area contributed by atoms with E-state index in [4.69, 9.17) is 10.5 Å². The van der Waals surface area contributed by atoms with Gasteiger partial charge in [-0.2, -0.15) is 0 Å². The summed E-state index contributed by atoms with van der Waals surface area (Å²) < 4.78 is 18.9. The summed E-state index contributed by atoms with van der Waals surface area (Å²) in [5.41, 5.74) is 7.77. The van der Waals surface area contributed by atoms with E-state index in [9.17, 15) is 18.8 Å². The molecule has 38 heavy (non-hydrogen) atoms. The topological polar surface area (TPSA) is 127 Å². The molecule has 0 bridgehead atoms. The smallest absolute Gasteiger partial charge is 0.410 e. The van der Waals surface area contributed by atoms with E-state index in [0.29, 0.717) is 38.0 Å². The maximum Gasteiger partial charge on any atom is 0.410 e. The fraction of sp³-hybridized carbons (Fsp3) is 0.500. The molecule has 0 spiro atoms. The second-order valence-corrected chi connectivity index (χ2v) is 11.2. The van der Waals surface area contributed by atoms with Crippen LogP contribution in [0.3, 0.4) is 0 Å². The Balaban J connectivity index is 1.41. The van der Waals surface area contributed by atoms with Gasteiger partial charge in [-0.15, -0.1) is 0 Å². The fourth-order valence-corrected chi connectivity index (χ4v) is 5.10. The van der Waals surface area contributed by atoms with Gasteiger partial charge in [-0.1, -0.05) is 18.2 Å². The largest absolute Gasteiger partial charge is 0.444 e. The molecule has 0 radical (unpaired) electrons. The van der Waals surface area contributed by atoms with Crippen LogP contribution in [0.2, 0.25) is 0 Å². The molecule has 1 aliphatic heterocycles. The van der Waals surface area contributed by atoms with Gasteiger partial charge in [-0.25, -0.2) is 14.2 Å². The van der Waals surface area contributed by atoms with Gasteiger partial charge in [-0.05, 0) is 88.6 Å². The minimum atomic E-state index is -0.815. The number of nitrogens with two attached hydrogens (primary N) is 1. The van der Waals surface area contributed by atoms with Crippen molar-refractivity contribution in [1.82, 2.24) is 20.5 Å². The van der Waals surface area contributed by atoms with Gasteiger partial charge in [0, 0.05) is 12.2 Å². The number of pyridine rings is 1. The van der Waals surface area contributed by atoms with Crippen LogP contribution in [0.4, 0.5) is 15.0 Å². The van der Waals surface area contributed by atoms with Gasteiger partial charge in [0.1, 0.15) is 29.3 Å². The van der Waals surface area contributed by atoms with Crippen molar-refractivity contribution in [3.63, 3.8) is 0 Å². The molecule has 4 atom stereocenters. The van der Waals surface area contributed by atoms with Crippen molar-refractivity contribution < 1.29 is 23.5 Å². The number of carbonyl (C=O) groups excluding carboxylic acids is 3. The number of carbonyl (C=O) groups is 3. The van der Waals surface area contributed by atoms with E-state index in [1.165, 1.54) is 17.0 Å². The number of nitrogens with zero attached hydrogens (tertiary/aromatic N) is 2. The van der Waals surface area contributed by atoms with Gasteiger partial charge >= 0.3 is 6.09 Å². The van der Waals surface area contributed by atoms with Crippen molar-refractivity contribution in [3.8, 4) is 0 Å². The lowest BCUT2D eigenvalue weighted by molar-refractivity contribution is -0.131. The molecule has 1 saturated heterocycles. The monoisotopic (exact) mass is 525 g/mol. The highest BCUT2D eigenvalue weighted by Crippen LogP contribution is 2.31. The minimum Gasteiger partial charge on any atom is -0.444 e. The fourth-order valence-electron chi connectivity index (χ4n) is 5.10. The highest BCUT2D eigenvalue weighted by Gasteiger charge is 2.42. The number of likely N-dealkylation sites (tertiary alicyclic amines) is 1. The van der Waals surface area contributed by atoms with Crippen molar-refractivity contribution in [1.29, 1.82) is 0 Å². The maximum atomic E-state index is 13.3. The summed E-state index contributed by atoms with van der Waals surface area (Å²) in [6.07, 6.45) is 1.83. The Morgan fingerprint density at radius 1 is 1.18 bits per heavy atom. The summed E-state index contributed by atoms with van der Waals surface area (Å²) in [6.45, 7) is 7.24. The average molecular weight is 526 g/mol. The maximum absolute atomic E-state index is 13.3. The van der Waals surface area contributed by atoms with Crippen molar-refractivity contribution in [3.05, 3.63) is 59.0 Å². The van der Waals surface area contributed by atoms with Crippen LogP contribution in [-0.2, 0) is 27.2 Å². The SMILES string of the molecule is C[C@H](NC(=O)[C@H]1C[C@H](Cc2ccc(F)cc2)CN1C(=O)OC(C)(C)C)C(=O)NC1CCc2nc(N)ccc21. The molecule has 2 aliphatic rings. The van der Waals surface area contributed by atoms with Gasteiger partial charge in [0.25, 0.3) is 0 Å². The molecule has 4 rings (SSSR count). The number of hydrogen-bond acceptors (Lipinski definition) is 6. The number of halogens is 1. The minimum absolute atomic E-state index is 0.0252. The van der Waals surface area contributed by atoms with Crippen LogP contribution in [0.15, 0.2) is 36.4 Å². The number of aryl methyl sites for hydroxylation is 1. The zero-order valence-electron chi connectivity index (χ0n) is 22.3. The van der Waals surface area contributed by atoms with Crippen LogP contribution < -0.4 is 16.4 Å². The molecule has 9 nitrogen and oxygen atoms in total. The summed E-state index contributed by atoms with van der Waals surface area (Å²) in [4.78, 5) is 45.1. The van der Waals surface area contributed by atoms with E-state index in [2.05, 4.69) is 15.6 Å². The van der Waals surface area contributed by atoms with Gasteiger partial charge < -0.3 is 21.1 Å². The lowest BCUT2D eigenvalue weighted by Gasteiger charge is -2.28. The molecule has 1 aromatic heterocycles. The Labute approximate surface area is 222 Å². The Kier molecular flexibility index (Phi) is 7.89. The van der Waals surface area contributed by atoms with Crippen LogP contribution >= 0.6 is 0 Å². The first-order chi connectivity index (χ1) is 17.9. The van der Waals surface area contributed by atoms with Crippen LogP contribution in [-0.4, -0.2) is 52.0 Å². The van der Waals surface area contributed by atoms with E-state index in [0.717, 1.165) is 16.8 Å². The quantitative estimate of drug-likeness (QED) is 0.531. The first kappa shape index (κ1) is 27.3. The lowest BCUT2D eigenvalue weighted by Crippen LogP contribution is -2.52. The number of anilines is 1. The number of fused-ring (bicyclic) bond motifs is 1. The van der Waals surface area contributed by atoms with Crippen LogP contribution in [0.25, 0.3) is 0 Å². The molecule has 4 N–H and O–H groups in total. The summed E-state index contributed by atoms with van der Waals surface area (Å²) in [6, 6.07) is 7.99. The molecule has 10 heteroatoms. The highest BCUT2D eigenvalue weighted by atomic mass is 19.1. The molecule has 3 amide bonds. The zero-order valence-corrected chi connectivity index (χ0v) is 22.3. The number of nitrogens with one attached hydrogen (secondary N) is 2. The second-order valence-electron chi connectivity index (χ2n) is 11.2. The summed E-state index contributed by atoms with van der Waals surface area (Å²) in [7, 11) is 0. The Bertz CT molecular complexity index is 1200. The summed E-state index contributed by atoms with van der Waals surface area (Å²) in [5, 5.41) is 5.77. The Morgan fingerprint density at radius 3 is 2.58 bits per heavy atom. The van der Waals surface area contributed by atoms with Gasteiger partial charge in [0.05, 0.1) is 6.04 Å². The molecule has 0 saturated carbocycles. The van der Waals surface area contributed by atoms with Gasteiger partial charge in [-0.3, -0.25) is 14.5 Å². The molecule has 1 fully saturated rings. The molecule has 2 heterocycles. The standard InChI is InChI=1S/C28H36FN5O4/c1-16(25(35)33-22-11-10-21-20(22)9-12-24(30)32-21)31-26(36)23-14-18(13-17-5-7-19(29)8-6-17)15-34(23)27(37)38-28(2,3)4/h5-9,12,16,18,22-23H,10-11,13-15H2,1-4H3,(H2,30,32)(H,31,36)(H,33,35)/t16-,18-,22?,23+/m0/s1. The third-order valence-electron chi connectivity index (χ3n) is 6.90. The zero-order chi connectivity index (χ0) is 27.6. The van der Waals surface area contributed by atoms with Crippen molar-refractivity contribution in [2.75, 3.05) is 12.3 Å². The molecule has 1 unspecified atom stereocenters. The van der Waals surface area contributed by atoms with Crippen LogP contribution in [0, 0.1) is 11.7 Å². The van der Waals surface area contributed by atoms with Crippen LogP contribution in [0.1, 0.15) is 63.4 Å². The molecular weight excluding hydrogens is 489 g/mol. The molecule has 2 aromatic rings. The summed E-state index contributed by atoms with van der Waals surface area (Å²) in [5.74, 6) is -0.636. The molecule has 1 aromatic carbocycles. The van der Waals surface area contributed by atoms with Crippen molar-refractivity contribution >= 4 is 23.7 Å². The Morgan fingerprint density at radius 2 is 1.89 bits per heavy atom. The third-order valence-corrected chi connectivity index (χ3v) is 6.90. The van der Waals surface area contributed by atoms with Gasteiger partial charge in [0.2, 0.25) is 11.8 Å². The van der Waals surface area contributed by atoms with E-state index < -0.39 is 29.7 Å². The number of rotatable bonds is 6. The summed E-state index contributed by atoms with van der Waals surface area (Å²) >= 11 is 0. The first-order valence-corrected chi connectivity index (χ1v) is 13.0. The van der Waals surface area contributed by atoms with Gasteiger partial charge in [0.15, 0.2) is 0 Å². The number of hydrogen-bond donors (Lipinski definition) is 3. The number of benzene rings is 1. The number of aromatic nitrogens is 1. The van der Waals surface area contributed by atoms with Crippen LogP contribution in [0.5, 0.6) is 0 Å². The third kappa shape index (κ3) is 6.59. The van der Waals surface area contributed by atoms with E-state index in [-0.39, 0.29) is 23.7 Å². The molecular formula is C28H36FN5O4. The number of nitrogen functional groups attached to an aromatic ring is 1. The van der Waals surface area contributed by atoms with E-state index in [1.54, 1.807) is 45.9 Å². The normalized spacial score (nSPS) is 21.5. The number of ether oxygens (including phenoxy) is 1. The first-order valence-electron chi connectivity index (χ1n) is 13.0. The lowest BCUT2D eigenvalue weighted by atomic mass is 9.96. The Hall–Kier alpha value is -3.69. The predicted octanol–water partition coefficient (Wildman–Crippen LogP) is 3.28. The predicted molar refractivity (Wildman–Crippen MR) is 140 cm³/mol. The van der Waals surface area contributed by atoms with Crippen molar-refractivity contribution in [2.45, 2.75) is 77.1 Å². The van der Waals surface area contributed by atoms with E-state index in [1.807, 2.05) is 6.07 Å².